The number of halogens is 1. The average Bonchev–Trinajstić information content (AvgIpc) is 3.01. The number of ether oxygens (including phenoxy) is 1. The number of methoxy groups -OCH3 is 1. The van der Waals surface area contributed by atoms with Gasteiger partial charge in [0, 0.05) is 0 Å². The molecule has 1 aliphatic carbocycles. The van der Waals surface area contributed by atoms with Crippen molar-refractivity contribution >= 4 is 27.5 Å². The molecule has 0 unspecified atom stereocenters. The van der Waals surface area contributed by atoms with Crippen LogP contribution in [0.1, 0.15) is 36.8 Å². The zero-order valence-corrected chi connectivity index (χ0v) is 18.7. The maximum absolute atomic E-state index is 13.4. The highest BCUT2D eigenvalue weighted by atomic mass is 32.2. The number of fused-ring (bicyclic) bond motifs is 1. The van der Waals surface area contributed by atoms with Crippen LogP contribution < -0.4 is 9.46 Å². The lowest BCUT2D eigenvalue weighted by molar-refractivity contribution is -0.140. The molecule has 4 rings (SSSR count). The number of nitrogens with one attached hydrogen (secondary N) is 1. The summed E-state index contributed by atoms with van der Waals surface area (Å²) < 4.78 is 47.3. The van der Waals surface area contributed by atoms with Crippen molar-refractivity contribution in [2.24, 2.45) is 11.8 Å². The Hall–Kier alpha value is -2.94. The maximum atomic E-state index is 13.4. The molecule has 2 aromatic rings. The summed E-state index contributed by atoms with van der Waals surface area (Å²) in [7, 11) is -2.72. The van der Waals surface area contributed by atoms with Crippen molar-refractivity contribution in [3.63, 3.8) is 0 Å². The second-order valence-electron chi connectivity index (χ2n) is 8.31. The molecule has 2 atom stereocenters. The number of nitrogens with zero attached hydrogens (tertiary/aromatic N) is 1. The summed E-state index contributed by atoms with van der Waals surface area (Å²) in [5.74, 6) is -1.24. The van der Waals surface area contributed by atoms with Crippen LogP contribution in [0.4, 0.5) is 10.1 Å². The molecule has 0 aromatic heterocycles. The summed E-state index contributed by atoms with van der Waals surface area (Å²) in [6.07, 6.45) is 3.31. The largest absolute Gasteiger partial charge is 0.495 e. The van der Waals surface area contributed by atoms with Crippen LogP contribution in [0.15, 0.2) is 41.3 Å². The molecule has 2 aliphatic rings. The van der Waals surface area contributed by atoms with E-state index < -0.39 is 15.8 Å². The van der Waals surface area contributed by atoms with E-state index in [0.29, 0.717) is 11.1 Å². The van der Waals surface area contributed by atoms with E-state index in [1.165, 1.54) is 42.3 Å². The minimum Gasteiger partial charge on any atom is -0.495 e. The molecule has 32 heavy (non-hydrogen) atoms. The molecule has 1 saturated heterocycles. The number of amides is 2. The Kier molecular flexibility index (Phi) is 5.94. The number of carbonyl (C=O) groups is 2. The van der Waals surface area contributed by atoms with Gasteiger partial charge in [0.2, 0.25) is 11.8 Å². The summed E-state index contributed by atoms with van der Waals surface area (Å²) in [4.78, 5) is 26.7. The second kappa shape index (κ2) is 8.54. The SMILES string of the molecule is COc1ccc(CN2C(=O)[C@@H]3CCCC[C@H]3C2=O)cc1S(=O)(=O)Nc1ccc(F)cc1C. The first kappa shape index (κ1) is 22.3. The van der Waals surface area contributed by atoms with Gasteiger partial charge in [-0.05, 0) is 61.2 Å². The minimum atomic E-state index is -4.08. The number of carbonyl (C=O) groups excluding carboxylic acids is 2. The summed E-state index contributed by atoms with van der Waals surface area (Å²) >= 11 is 0. The van der Waals surface area contributed by atoms with Gasteiger partial charge in [0.25, 0.3) is 10.0 Å². The predicted molar refractivity (Wildman–Crippen MR) is 116 cm³/mol. The van der Waals surface area contributed by atoms with Crippen molar-refractivity contribution in [1.82, 2.24) is 4.90 Å². The van der Waals surface area contributed by atoms with Crippen molar-refractivity contribution < 1.29 is 27.1 Å². The van der Waals surface area contributed by atoms with Gasteiger partial charge < -0.3 is 4.74 Å². The fourth-order valence-electron chi connectivity index (χ4n) is 4.54. The Morgan fingerprint density at radius 1 is 1.06 bits per heavy atom. The Morgan fingerprint density at radius 3 is 2.31 bits per heavy atom. The summed E-state index contributed by atoms with van der Waals surface area (Å²) in [5.41, 5.74) is 1.18. The molecule has 7 nitrogen and oxygen atoms in total. The highest BCUT2D eigenvalue weighted by molar-refractivity contribution is 7.92. The Morgan fingerprint density at radius 2 is 1.72 bits per heavy atom. The van der Waals surface area contributed by atoms with E-state index in [0.717, 1.165) is 25.7 Å². The normalized spacial score (nSPS) is 20.9. The van der Waals surface area contributed by atoms with Gasteiger partial charge in [-0.25, -0.2) is 12.8 Å². The van der Waals surface area contributed by atoms with E-state index in [-0.39, 0.29) is 46.5 Å². The van der Waals surface area contributed by atoms with Gasteiger partial charge in [-0.15, -0.1) is 0 Å². The van der Waals surface area contributed by atoms with Crippen molar-refractivity contribution in [2.75, 3.05) is 11.8 Å². The Labute approximate surface area is 186 Å². The first-order chi connectivity index (χ1) is 15.2. The van der Waals surface area contributed by atoms with Crippen molar-refractivity contribution in [3.8, 4) is 5.75 Å². The smallest absolute Gasteiger partial charge is 0.265 e. The minimum absolute atomic E-state index is 0.00670. The first-order valence-corrected chi connectivity index (χ1v) is 12.0. The van der Waals surface area contributed by atoms with Crippen LogP contribution in [0, 0.1) is 24.6 Å². The maximum Gasteiger partial charge on any atom is 0.265 e. The lowest BCUT2D eigenvalue weighted by Crippen LogP contribution is -2.30. The van der Waals surface area contributed by atoms with Crippen molar-refractivity contribution in [3.05, 3.63) is 53.3 Å². The molecular formula is C23H25FN2O5S. The highest BCUT2D eigenvalue weighted by Gasteiger charge is 2.47. The lowest BCUT2D eigenvalue weighted by atomic mass is 9.81. The average molecular weight is 461 g/mol. The zero-order chi connectivity index (χ0) is 23.0. The van der Waals surface area contributed by atoms with Gasteiger partial charge in [0.05, 0.1) is 31.2 Å². The van der Waals surface area contributed by atoms with Crippen LogP contribution in [0.3, 0.4) is 0 Å². The fraction of sp³-hybridized carbons (Fsp3) is 0.391. The van der Waals surface area contributed by atoms with E-state index in [2.05, 4.69) is 4.72 Å². The van der Waals surface area contributed by atoms with Crippen LogP contribution in [0.2, 0.25) is 0 Å². The molecule has 1 aliphatic heterocycles. The number of benzene rings is 2. The van der Waals surface area contributed by atoms with Gasteiger partial charge in [0.1, 0.15) is 16.5 Å². The number of hydrogen-bond donors (Lipinski definition) is 1. The van der Waals surface area contributed by atoms with E-state index in [1.54, 1.807) is 13.0 Å². The van der Waals surface area contributed by atoms with Gasteiger partial charge in [-0.1, -0.05) is 18.9 Å². The molecule has 9 heteroatoms. The van der Waals surface area contributed by atoms with Gasteiger partial charge in [-0.2, -0.15) is 0 Å². The molecule has 1 N–H and O–H groups in total. The molecule has 0 bridgehead atoms. The van der Waals surface area contributed by atoms with E-state index >= 15 is 0 Å². The molecule has 1 saturated carbocycles. The fourth-order valence-corrected chi connectivity index (χ4v) is 5.89. The van der Waals surface area contributed by atoms with Crippen LogP contribution in [0.25, 0.3) is 0 Å². The molecule has 2 fully saturated rings. The number of anilines is 1. The van der Waals surface area contributed by atoms with E-state index in [1.807, 2.05) is 0 Å². The van der Waals surface area contributed by atoms with Crippen LogP contribution in [-0.2, 0) is 26.2 Å². The van der Waals surface area contributed by atoms with Crippen molar-refractivity contribution in [2.45, 2.75) is 44.0 Å². The number of rotatable bonds is 6. The number of sulfonamides is 1. The number of likely N-dealkylation sites (tertiary alicyclic amines) is 1. The van der Waals surface area contributed by atoms with E-state index in [4.69, 9.17) is 4.74 Å². The van der Waals surface area contributed by atoms with E-state index in [9.17, 15) is 22.4 Å². The molecule has 170 valence electrons. The first-order valence-electron chi connectivity index (χ1n) is 10.5. The van der Waals surface area contributed by atoms with Gasteiger partial charge >= 0.3 is 0 Å². The molecule has 2 amide bonds. The third-order valence-electron chi connectivity index (χ3n) is 6.22. The summed E-state index contributed by atoms with van der Waals surface area (Å²) in [6, 6.07) is 8.30. The standard InChI is InChI=1S/C23H25FN2O5S/c1-14-11-16(24)8-9-19(14)25-32(29,30)21-12-15(7-10-20(21)31-2)13-26-22(27)17-5-3-4-6-18(17)23(26)28/h7-12,17-18,25H,3-6,13H2,1-2H3/t17-,18-/m1/s1. The highest BCUT2D eigenvalue weighted by Crippen LogP contribution is 2.39. The van der Waals surface area contributed by atoms with Crippen LogP contribution in [-0.4, -0.2) is 32.2 Å². The number of hydrogen-bond acceptors (Lipinski definition) is 5. The molecule has 2 aromatic carbocycles. The predicted octanol–water partition coefficient (Wildman–Crippen LogP) is 3.62. The van der Waals surface area contributed by atoms with Crippen molar-refractivity contribution in [1.29, 1.82) is 0 Å². The summed E-state index contributed by atoms with van der Waals surface area (Å²) in [6.45, 7) is 1.60. The summed E-state index contributed by atoms with van der Waals surface area (Å²) in [5, 5.41) is 0. The topological polar surface area (TPSA) is 92.8 Å². The monoisotopic (exact) mass is 460 g/mol. The van der Waals surface area contributed by atoms with Gasteiger partial charge in [-0.3, -0.25) is 19.2 Å². The molecule has 0 spiro atoms. The molecule has 0 radical (unpaired) electrons. The molecular weight excluding hydrogens is 435 g/mol. The third-order valence-corrected chi connectivity index (χ3v) is 7.61. The quantitative estimate of drug-likeness (QED) is 0.665. The Bertz CT molecular complexity index is 1160. The Balaban J connectivity index is 1.63. The second-order valence-corrected chi connectivity index (χ2v) is 9.96. The lowest BCUT2D eigenvalue weighted by Gasteiger charge is -2.19. The van der Waals surface area contributed by atoms with Crippen LogP contribution in [0.5, 0.6) is 5.75 Å². The number of aryl methyl sites for hydroxylation is 1. The number of imide groups is 1. The van der Waals surface area contributed by atoms with Crippen LogP contribution >= 0.6 is 0 Å². The van der Waals surface area contributed by atoms with Gasteiger partial charge in [0.15, 0.2) is 0 Å². The third kappa shape index (κ3) is 4.09. The zero-order valence-electron chi connectivity index (χ0n) is 17.9. The molecule has 1 heterocycles.